The third kappa shape index (κ3) is 2.13. The predicted octanol–water partition coefficient (Wildman–Crippen LogP) is 5.33. The smallest absolute Gasteiger partial charge is 0.123 e. The first-order valence-electron chi connectivity index (χ1n) is 9.26. The van der Waals surface area contributed by atoms with E-state index in [2.05, 4.69) is 27.7 Å². The molecule has 2 nitrogen and oxygen atoms in total. The van der Waals surface area contributed by atoms with Crippen molar-refractivity contribution in [2.45, 2.75) is 71.8 Å². The maximum absolute atomic E-state index is 9.87. The molecule has 0 amide bonds. The molecule has 0 radical (unpaired) electrons. The molecule has 0 spiro atoms. The molecule has 2 heteroatoms. The van der Waals surface area contributed by atoms with E-state index in [1.165, 1.54) is 31.2 Å². The van der Waals surface area contributed by atoms with Gasteiger partial charge in [0.05, 0.1) is 0 Å². The number of aromatic hydroxyl groups is 1. The lowest BCUT2D eigenvalue weighted by Gasteiger charge is -2.63. The van der Waals surface area contributed by atoms with E-state index in [-0.39, 0.29) is 5.60 Å². The van der Waals surface area contributed by atoms with Crippen molar-refractivity contribution >= 4 is 0 Å². The van der Waals surface area contributed by atoms with Crippen LogP contribution in [0.2, 0.25) is 0 Å². The molecule has 3 aliphatic rings. The summed E-state index contributed by atoms with van der Waals surface area (Å²) in [5.41, 5.74) is 1.92. The van der Waals surface area contributed by atoms with Crippen molar-refractivity contribution in [1.29, 1.82) is 0 Å². The van der Waals surface area contributed by atoms with E-state index in [0.29, 0.717) is 22.5 Å². The molecule has 1 aromatic rings. The Hall–Kier alpha value is -1.18. The van der Waals surface area contributed by atoms with Gasteiger partial charge in [-0.2, -0.15) is 0 Å². The molecule has 2 saturated carbocycles. The van der Waals surface area contributed by atoms with Gasteiger partial charge in [-0.25, -0.2) is 0 Å². The number of hydrogen-bond donors (Lipinski definition) is 1. The average Bonchev–Trinajstić information content (AvgIpc) is 2.45. The fourth-order valence-corrected chi connectivity index (χ4v) is 6.47. The summed E-state index contributed by atoms with van der Waals surface area (Å²) in [6.07, 6.45) is 7.49. The first kappa shape index (κ1) is 15.4. The van der Waals surface area contributed by atoms with Crippen LogP contribution in [0.5, 0.6) is 11.5 Å². The highest BCUT2D eigenvalue weighted by Gasteiger charge is 2.60. The predicted molar refractivity (Wildman–Crippen MR) is 92.8 cm³/mol. The van der Waals surface area contributed by atoms with Crippen LogP contribution in [0.3, 0.4) is 0 Å². The Labute approximate surface area is 140 Å². The number of phenolic OH excluding ortho intramolecular Hbond substituents is 1. The van der Waals surface area contributed by atoms with E-state index in [0.717, 1.165) is 24.5 Å². The van der Waals surface area contributed by atoms with Crippen LogP contribution in [-0.4, -0.2) is 10.7 Å². The standard InChI is InChI=1S/C21H30O2/c1-19(2)9-5-10-20(3)17(19)8-11-21(4)18(20)13-14-12-15(22)6-7-16(14)23-21/h6-7,12,17-18,22H,5,8-11,13H2,1-4H3/t17?,18-,20+,21+/m1/s1. The number of phenols is 1. The van der Waals surface area contributed by atoms with E-state index >= 15 is 0 Å². The normalized spacial score (nSPS) is 41.2. The molecule has 0 bridgehead atoms. The number of ether oxygens (including phenoxy) is 1. The van der Waals surface area contributed by atoms with Crippen LogP contribution in [0, 0.1) is 22.7 Å². The molecule has 4 rings (SSSR count). The van der Waals surface area contributed by atoms with Crippen LogP contribution in [0.1, 0.15) is 65.4 Å². The molecule has 2 aliphatic carbocycles. The highest BCUT2D eigenvalue weighted by Crippen LogP contribution is 2.64. The first-order chi connectivity index (χ1) is 10.7. The fourth-order valence-electron chi connectivity index (χ4n) is 6.47. The number of rotatable bonds is 0. The maximum atomic E-state index is 9.87. The Balaban J connectivity index is 1.77. The quantitative estimate of drug-likeness (QED) is 0.701. The van der Waals surface area contributed by atoms with Gasteiger partial charge in [-0.15, -0.1) is 0 Å². The van der Waals surface area contributed by atoms with Crippen LogP contribution in [0.4, 0.5) is 0 Å². The third-order valence-electron chi connectivity index (χ3n) is 7.55. The SMILES string of the molecule is CC1(C)CCC[C@@]2(C)C1CC[C@]1(C)Oc3ccc(O)cc3C[C@H]21. The van der Waals surface area contributed by atoms with E-state index < -0.39 is 0 Å². The van der Waals surface area contributed by atoms with E-state index in [4.69, 9.17) is 4.74 Å². The molecule has 2 fully saturated rings. The minimum atomic E-state index is -0.0529. The summed E-state index contributed by atoms with van der Waals surface area (Å²) in [6.45, 7) is 9.80. The molecule has 23 heavy (non-hydrogen) atoms. The van der Waals surface area contributed by atoms with Gasteiger partial charge in [0.1, 0.15) is 17.1 Å². The minimum absolute atomic E-state index is 0.0529. The molecular formula is C21H30O2. The van der Waals surface area contributed by atoms with Gasteiger partial charge in [-0.1, -0.05) is 27.2 Å². The van der Waals surface area contributed by atoms with Gasteiger partial charge >= 0.3 is 0 Å². The summed E-state index contributed by atoms with van der Waals surface area (Å²) in [7, 11) is 0. The number of hydrogen-bond acceptors (Lipinski definition) is 2. The van der Waals surface area contributed by atoms with Gasteiger partial charge in [-0.3, -0.25) is 0 Å². The van der Waals surface area contributed by atoms with Crippen molar-refractivity contribution in [2.75, 3.05) is 0 Å². The molecule has 1 aromatic carbocycles. The summed E-state index contributed by atoms with van der Waals surface area (Å²) in [5.74, 6) is 2.67. The zero-order valence-electron chi connectivity index (χ0n) is 15.0. The van der Waals surface area contributed by atoms with Gasteiger partial charge in [0.15, 0.2) is 0 Å². The van der Waals surface area contributed by atoms with Crippen LogP contribution in [0.25, 0.3) is 0 Å². The Morgan fingerprint density at radius 1 is 1.04 bits per heavy atom. The molecule has 126 valence electrons. The second-order valence-corrected chi connectivity index (χ2v) is 9.40. The highest BCUT2D eigenvalue weighted by molar-refractivity contribution is 5.42. The molecule has 0 saturated heterocycles. The van der Waals surface area contributed by atoms with Crippen molar-refractivity contribution in [1.82, 2.24) is 0 Å². The Kier molecular flexibility index (Phi) is 3.12. The zero-order chi connectivity index (χ0) is 16.5. The second kappa shape index (κ2) is 4.68. The van der Waals surface area contributed by atoms with Crippen LogP contribution >= 0.6 is 0 Å². The largest absolute Gasteiger partial charge is 0.508 e. The summed E-state index contributed by atoms with van der Waals surface area (Å²) in [4.78, 5) is 0. The molecule has 4 atom stereocenters. The lowest BCUT2D eigenvalue weighted by molar-refractivity contribution is -0.162. The van der Waals surface area contributed by atoms with Crippen LogP contribution < -0.4 is 4.74 Å². The molecular weight excluding hydrogens is 284 g/mol. The van der Waals surface area contributed by atoms with Crippen molar-refractivity contribution in [3.63, 3.8) is 0 Å². The molecule has 0 aromatic heterocycles. The van der Waals surface area contributed by atoms with Crippen LogP contribution in [0.15, 0.2) is 18.2 Å². The van der Waals surface area contributed by atoms with Gasteiger partial charge in [0.2, 0.25) is 0 Å². The van der Waals surface area contributed by atoms with Crippen molar-refractivity contribution < 1.29 is 9.84 Å². The summed E-state index contributed by atoms with van der Waals surface area (Å²) in [5, 5.41) is 9.87. The Bertz CT molecular complexity index is 635. The minimum Gasteiger partial charge on any atom is -0.508 e. The molecule has 1 aliphatic heterocycles. The molecule has 1 heterocycles. The summed E-state index contributed by atoms with van der Waals surface area (Å²) < 4.78 is 6.55. The molecule has 1 unspecified atom stereocenters. The summed E-state index contributed by atoms with van der Waals surface area (Å²) in [6, 6.07) is 5.61. The van der Waals surface area contributed by atoms with E-state index in [1.807, 2.05) is 12.1 Å². The second-order valence-electron chi connectivity index (χ2n) is 9.40. The maximum Gasteiger partial charge on any atom is 0.123 e. The van der Waals surface area contributed by atoms with Crippen LogP contribution in [-0.2, 0) is 6.42 Å². The van der Waals surface area contributed by atoms with Gasteiger partial charge in [0.25, 0.3) is 0 Å². The lowest BCUT2D eigenvalue weighted by atomic mass is 9.44. The highest BCUT2D eigenvalue weighted by atomic mass is 16.5. The van der Waals surface area contributed by atoms with E-state index in [9.17, 15) is 5.11 Å². The van der Waals surface area contributed by atoms with Gasteiger partial charge in [-0.05, 0) is 79.5 Å². The number of fused-ring (bicyclic) bond motifs is 4. The first-order valence-corrected chi connectivity index (χ1v) is 9.26. The number of benzene rings is 1. The third-order valence-corrected chi connectivity index (χ3v) is 7.55. The Morgan fingerprint density at radius 2 is 1.83 bits per heavy atom. The van der Waals surface area contributed by atoms with Crippen molar-refractivity contribution in [3.8, 4) is 11.5 Å². The van der Waals surface area contributed by atoms with Gasteiger partial charge in [0, 0.05) is 5.92 Å². The average molecular weight is 314 g/mol. The fraction of sp³-hybridized carbons (Fsp3) is 0.714. The lowest BCUT2D eigenvalue weighted by Crippen LogP contribution is -2.61. The zero-order valence-corrected chi connectivity index (χ0v) is 15.0. The van der Waals surface area contributed by atoms with Crippen molar-refractivity contribution in [2.24, 2.45) is 22.7 Å². The Morgan fingerprint density at radius 3 is 2.61 bits per heavy atom. The summed E-state index contributed by atoms with van der Waals surface area (Å²) >= 11 is 0. The van der Waals surface area contributed by atoms with Gasteiger partial charge < -0.3 is 9.84 Å². The van der Waals surface area contributed by atoms with Crippen molar-refractivity contribution in [3.05, 3.63) is 23.8 Å². The monoisotopic (exact) mass is 314 g/mol. The van der Waals surface area contributed by atoms with E-state index in [1.54, 1.807) is 6.07 Å². The molecule has 1 N–H and O–H groups in total. The topological polar surface area (TPSA) is 29.5 Å².